The van der Waals surface area contributed by atoms with Gasteiger partial charge in [-0.2, -0.15) is 92.2 Å². The summed E-state index contributed by atoms with van der Waals surface area (Å²) >= 11 is 0. The smallest absolute Gasteiger partial charge is 0.282 e. The molecule has 0 aliphatic rings. The average Bonchev–Trinajstić information content (AvgIpc) is 2.93. The number of hydrogen-bond donors (Lipinski definition) is 0. The van der Waals surface area contributed by atoms with Crippen LogP contribution in [0.5, 0.6) is 0 Å². The third-order valence-electron chi connectivity index (χ3n) is 6.94. The fourth-order valence-electron chi connectivity index (χ4n) is 2.68. The summed E-state index contributed by atoms with van der Waals surface area (Å²) in [6.07, 6.45) is -24.0. The Kier molecular flexibility index (Phi) is 20.0. The quantitative estimate of drug-likeness (QED) is 0.105. The summed E-state index contributed by atoms with van der Waals surface area (Å²) < 4.78 is 260. The zero-order chi connectivity index (χ0) is 47.6. The van der Waals surface area contributed by atoms with Gasteiger partial charge in [-0.1, -0.05) is 0 Å². The molecule has 0 amide bonds. The van der Waals surface area contributed by atoms with E-state index in [1.807, 2.05) is 0 Å². The molecule has 341 valence electrons. The molecule has 58 heavy (non-hydrogen) atoms. The van der Waals surface area contributed by atoms with Crippen LogP contribution >= 0.6 is 0 Å². The van der Waals surface area contributed by atoms with Crippen molar-refractivity contribution < 1.29 is 140 Å². The first-order valence-corrected chi connectivity index (χ1v) is 14.9. The van der Waals surface area contributed by atoms with Crippen LogP contribution in [0, 0.1) is 16.2 Å². The second-order valence-corrected chi connectivity index (χ2v) is 14.9. The molecule has 0 heterocycles. The van der Waals surface area contributed by atoms with Crippen molar-refractivity contribution in [1.29, 1.82) is 0 Å². The molecular formula is C30H39F21O6V+6. The Morgan fingerprint density at radius 2 is 0.397 bits per heavy atom. The molecule has 0 bridgehead atoms. The maximum absolute atomic E-state index is 13.0. The Morgan fingerprint density at radius 3 is 0.483 bits per heavy atom. The fraction of sp³-hybridized carbons (Fsp3) is 0.800. The van der Waals surface area contributed by atoms with Crippen LogP contribution in [0.25, 0.3) is 0 Å². The van der Waals surface area contributed by atoms with Crippen LogP contribution in [0.15, 0.2) is 0 Å². The van der Waals surface area contributed by atoms with Crippen molar-refractivity contribution in [3.8, 4) is 0 Å². The molecule has 0 fully saturated rings. The summed E-state index contributed by atoms with van der Waals surface area (Å²) in [5.74, 6) is -46.6. The molecule has 0 saturated heterocycles. The second-order valence-electron chi connectivity index (χ2n) is 14.9. The van der Waals surface area contributed by atoms with Gasteiger partial charge >= 0.3 is 88.8 Å². The maximum atomic E-state index is 13.0. The first-order chi connectivity index (χ1) is 24.1. The van der Waals surface area contributed by atoms with Crippen molar-refractivity contribution >= 4 is 34.7 Å². The zero-order valence-electron chi connectivity index (χ0n) is 31.2. The number of hydrogen-bond acceptors (Lipinski definition) is 0. The van der Waals surface area contributed by atoms with E-state index in [0.29, 0.717) is 0 Å². The van der Waals surface area contributed by atoms with Gasteiger partial charge in [0.1, 0.15) is 0 Å². The van der Waals surface area contributed by atoms with Crippen LogP contribution in [0.1, 0.15) is 81.6 Å². The van der Waals surface area contributed by atoms with Gasteiger partial charge in [-0.25, -0.2) is 0 Å². The molecule has 0 saturated carbocycles. The summed E-state index contributed by atoms with van der Waals surface area (Å²) in [4.78, 5) is 54.2. The molecular weight excluding hydrogens is 906 g/mol. The van der Waals surface area contributed by atoms with Gasteiger partial charge in [-0.05, 0) is 62.3 Å². The minimum Gasteiger partial charge on any atom is -0.282 e. The molecule has 0 aromatic rings. The summed E-state index contributed by atoms with van der Waals surface area (Å²) in [6.45, 7) is 11.7. The Bertz CT molecular complexity index is 1310. The number of carbonyl (C=O) groups excluding carboxylic acids is 6. The van der Waals surface area contributed by atoms with Gasteiger partial charge in [0.25, 0.3) is 0 Å². The Labute approximate surface area is 326 Å². The summed E-state index contributed by atoms with van der Waals surface area (Å²) in [6, 6.07) is 0. The van der Waals surface area contributed by atoms with Crippen LogP contribution in [0.3, 0.4) is 0 Å². The van der Waals surface area contributed by atoms with E-state index >= 15 is 0 Å². The first-order valence-electron chi connectivity index (χ1n) is 14.9. The number of halogens is 21. The van der Waals surface area contributed by atoms with Gasteiger partial charge in [-0.15, -0.1) is 0 Å². The van der Waals surface area contributed by atoms with Crippen LogP contribution in [-0.2, 0) is 18.6 Å². The Hall–Kier alpha value is -2.87. The van der Waals surface area contributed by atoms with E-state index in [1.54, 1.807) is 0 Å². The third kappa shape index (κ3) is 14.7. The van der Waals surface area contributed by atoms with Crippen molar-refractivity contribution in [3.05, 3.63) is 0 Å². The molecule has 0 aliphatic carbocycles. The summed E-state index contributed by atoms with van der Waals surface area (Å²) in [5, 5.41) is 0. The van der Waals surface area contributed by atoms with Crippen LogP contribution in [0.4, 0.5) is 92.2 Å². The average molecular weight is 946 g/mol. The molecule has 1 radical (unpaired) electrons. The standard InChI is InChI=1S/3C10H11F7O2.V/c3*1-7(2,3)5(18)4-6(19)8(11,12)9(13,14)10(15,16)17;/h3*4H2,1-3H3;/p+6. The van der Waals surface area contributed by atoms with E-state index in [4.69, 9.17) is 14.4 Å². The van der Waals surface area contributed by atoms with E-state index in [9.17, 15) is 107 Å². The summed E-state index contributed by atoms with van der Waals surface area (Å²) in [7, 11) is 0. The molecule has 6 N–H and O–H groups in total. The predicted octanol–water partition coefficient (Wildman–Crippen LogP) is 10.0. The van der Waals surface area contributed by atoms with Gasteiger partial charge in [0.2, 0.25) is 0 Å². The molecule has 0 unspecified atom stereocenters. The minimum absolute atomic E-state index is 0. The van der Waals surface area contributed by atoms with E-state index in [1.165, 1.54) is 62.3 Å². The molecule has 6 nitrogen and oxygen atoms in total. The van der Waals surface area contributed by atoms with Crippen molar-refractivity contribution in [2.45, 2.75) is 136 Å². The SMILES string of the molecule is CC(C)(C)C(=[OH+])CC(=[OH+])C(F)(F)C(F)(F)C(F)(F)F.CC(C)(C)C(=[OH+])CC(=[OH+])C(F)(F)C(F)(F)C(F)(F)F.CC(C)(C)C(=[OH+])CC(=[OH+])C(F)(F)C(F)(F)C(F)(F)F.[V]. The normalized spacial score (nSPS) is 14.2. The predicted molar refractivity (Wildman–Crippen MR) is 162 cm³/mol. The first kappa shape index (κ1) is 61.8. The van der Waals surface area contributed by atoms with Gasteiger partial charge in [-0.3, -0.25) is 28.8 Å². The Balaban J connectivity index is -0.000000374. The van der Waals surface area contributed by atoms with Gasteiger partial charge in [0.05, 0.1) is 16.2 Å². The van der Waals surface area contributed by atoms with E-state index < -0.39 is 124 Å². The third-order valence-corrected chi connectivity index (χ3v) is 6.94. The van der Waals surface area contributed by atoms with Crippen LogP contribution in [-0.4, -0.2) is 118 Å². The number of rotatable bonds is 12. The van der Waals surface area contributed by atoms with Gasteiger partial charge in [0.15, 0.2) is 19.3 Å². The molecule has 0 spiro atoms. The largest absolute Gasteiger partial charge is 0.460 e. The van der Waals surface area contributed by atoms with Crippen LogP contribution < -0.4 is 0 Å². The second kappa shape index (κ2) is 18.8. The molecule has 0 rings (SSSR count). The van der Waals surface area contributed by atoms with Crippen molar-refractivity contribution in [1.82, 2.24) is 0 Å². The van der Waals surface area contributed by atoms with E-state index in [2.05, 4.69) is 0 Å². The minimum atomic E-state index is -6.53. The van der Waals surface area contributed by atoms with Gasteiger partial charge in [0, 0.05) is 18.6 Å². The fourth-order valence-corrected chi connectivity index (χ4v) is 2.68. The Morgan fingerprint density at radius 1 is 0.276 bits per heavy atom. The van der Waals surface area contributed by atoms with Gasteiger partial charge < -0.3 is 0 Å². The number of ketones is 6. The number of alkyl halides is 21. The van der Waals surface area contributed by atoms with Crippen molar-refractivity contribution in [2.24, 2.45) is 16.2 Å². The van der Waals surface area contributed by atoms with Crippen LogP contribution in [0.2, 0.25) is 0 Å². The van der Waals surface area contributed by atoms with E-state index in [-0.39, 0.29) is 18.6 Å². The monoisotopic (exact) mass is 945 g/mol. The molecule has 0 aromatic carbocycles. The molecule has 0 aromatic heterocycles. The van der Waals surface area contributed by atoms with Crippen molar-refractivity contribution in [2.75, 3.05) is 0 Å². The molecule has 28 heteroatoms. The molecule has 0 aliphatic heterocycles. The topological polar surface area (TPSA) is 128 Å². The van der Waals surface area contributed by atoms with E-state index in [0.717, 1.165) is 0 Å². The van der Waals surface area contributed by atoms with Crippen molar-refractivity contribution in [3.63, 3.8) is 0 Å². The maximum Gasteiger partial charge on any atom is 0.460 e. The molecule has 0 atom stereocenters. The zero-order valence-corrected chi connectivity index (χ0v) is 32.6. The summed E-state index contributed by atoms with van der Waals surface area (Å²) in [5.41, 5.74) is -3.47.